The number of pyridine rings is 1. The third-order valence-corrected chi connectivity index (χ3v) is 5.59. The summed E-state index contributed by atoms with van der Waals surface area (Å²) in [4.78, 5) is 18.6. The zero-order valence-corrected chi connectivity index (χ0v) is 18.3. The molecule has 0 spiro atoms. The first kappa shape index (κ1) is 19.9. The van der Waals surface area contributed by atoms with E-state index in [2.05, 4.69) is 32.7 Å². The first-order chi connectivity index (χ1) is 16.8. The van der Waals surface area contributed by atoms with Gasteiger partial charge in [-0.2, -0.15) is 9.97 Å². The Kier molecular flexibility index (Phi) is 5.04. The van der Waals surface area contributed by atoms with Gasteiger partial charge in [-0.25, -0.2) is 4.98 Å². The van der Waals surface area contributed by atoms with Crippen molar-refractivity contribution < 1.29 is 0 Å². The van der Waals surface area contributed by atoms with Crippen molar-refractivity contribution in [1.82, 2.24) is 24.5 Å². The van der Waals surface area contributed by atoms with Crippen LogP contribution < -0.4 is 10.6 Å². The van der Waals surface area contributed by atoms with E-state index in [1.807, 2.05) is 83.4 Å². The minimum Gasteiger partial charge on any atom is -0.364 e. The van der Waals surface area contributed by atoms with Crippen LogP contribution in [0.3, 0.4) is 0 Å². The average molecular weight is 444 g/mol. The van der Waals surface area contributed by atoms with E-state index in [4.69, 9.17) is 9.97 Å². The number of aromatic nitrogens is 5. The Morgan fingerprint density at radius 1 is 0.765 bits per heavy atom. The Morgan fingerprint density at radius 2 is 1.59 bits per heavy atom. The number of fused-ring (bicyclic) bond motifs is 2. The molecule has 2 N–H and O–H groups in total. The van der Waals surface area contributed by atoms with Crippen molar-refractivity contribution in [3.8, 4) is 5.69 Å². The van der Waals surface area contributed by atoms with Crippen molar-refractivity contribution >= 4 is 39.5 Å². The van der Waals surface area contributed by atoms with Crippen LogP contribution in [0.1, 0.15) is 5.56 Å². The highest BCUT2D eigenvalue weighted by atomic mass is 15.2. The second kappa shape index (κ2) is 8.63. The minimum atomic E-state index is 0.490. The molecule has 6 aromatic rings. The molecule has 0 bridgehead atoms. The van der Waals surface area contributed by atoms with Crippen LogP contribution in [0.4, 0.5) is 17.5 Å². The topological polar surface area (TPSA) is 80.6 Å². The molecule has 0 atom stereocenters. The Labute approximate surface area is 196 Å². The molecule has 6 rings (SSSR count). The molecule has 0 aliphatic rings. The van der Waals surface area contributed by atoms with Gasteiger partial charge < -0.3 is 10.6 Å². The van der Waals surface area contributed by atoms with E-state index in [0.29, 0.717) is 23.8 Å². The Morgan fingerprint density at radius 3 is 2.44 bits per heavy atom. The van der Waals surface area contributed by atoms with Gasteiger partial charge in [-0.15, -0.1) is 0 Å². The van der Waals surface area contributed by atoms with Crippen LogP contribution in [-0.4, -0.2) is 24.5 Å². The maximum atomic E-state index is 4.83. The van der Waals surface area contributed by atoms with Crippen molar-refractivity contribution in [3.05, 3.63) is 109 Å². The summed E-state index contributed by atoms with van der Waals surface area (Å²) >= 11 is 0. The zero-order chi connectivity index (χ0) is 22.7. The first-order valence-corrected chi connectivity index (χ1v) is 11.0. The summed E-state index contributed by atoms with van der Waals surface area (Å²) in [7, 11) is 0. The average Bonchev–Trinajstić information content (AvgIpc) is 3.32. The maximum absolute atomic E-state index is 4.83. The molecule has 0 unspecified atom stereocenters. The van der Waals surface area contributed by atoms with Crippen molar-refractivity contribution in [2.45, 2.75) is 6.54 Å². The summed E-state index contributed by atoms with van der Waals surface area (Å²) in [5.74, 6) is 1.16. The number of hydrogen-bond acceptors (Lipinski definition) is 6. The fraction of sp³-hybridized carbons (Fsp3) is 0.0370. The van der Waals surface area contributed by atoms with Crippen molar-refractivity contribution in [2.75, 3.05) is 10.6 Å². The highest BCUT2D eigenvalue weighted by Crippen LogP contribution is 2.26. The van der Waals surface area contributed by atoms with Gasteiger partial charge in [0.1, 0.15) is 6.33 Å². The normalized spacial score (nSPS) is 11.1. The van der Waals surface area contributed by atoms with Gasteiger partial charge in [0, 0.05) is 29.5 Å². The SMILES string of the molecule is c1ccc(CNc2nc(Nc3ccc4ncccc4c3)nc3c2ncn3-c2ccccc2)cc1. The molecule has 7 nitrogen and oxygen atoms in total. The molecule has 7 heteroatoms. The lowest BCUT2D eigenvalue weighted by Gasteiger charge is -2.11. The molecule has 0 saturated heterocycles. The summed E-state index contributed by atoms with van der Waals surface area (Å²) in [6, 6.07) is 30.2. The van der Waals surface area contributed by atoms with E-state index in [-0.39, 0.29) is 0 Å². The van der Waals surface area contributed by atoms with E-state index in [1.165, 1.54) is 0 Å². The van der Waals surface area contributed by atoms with E-state index in [0.717, 1.165) is 33.5 Å². The molecule has 0 aliphatic heterocycles. The lowest BCUT2D eigenvalue weighted by Crippen LogP contribution is -2.06. The predicted octanol–water partition coefficient (Wildman–Crippen LogP) is 5.72. The smallest absolute Gasteiger partial charge is 0.231 e. The van der Waals surface area contributed by atoms with Gasteiger partial charge in [-0.3, -0.25) is 9.55 Å². The Hall–Kier alpha value is -4.78. The Balaban J connectivity index is 1.42. The monoisotopic (exact) mass is 443 g/mol. The number of nitrogens with one attached hydrogen (secondary N) is 2. The van der Waals surface area contributed by atoms with Gasteiger partial charge in [0.2, 0.25) is 5.95 Å². The largest absolute Gasteiger partial charge is 0.364 e. The Bertz CT molecular complexity index is 1580. The number of hydrogen-bond donors (Lipinski definition) is 2. The van der Waals surface area contributed by atoms with Crippen LogP contribution in [-0.2, 0) is 6.54 Å². The van der Waals surface area contributed by atoms with Crippen LogP contribution in [0.15, 0.2) is 104 Å². The van der Waals surface area contributed by atoms with Crippen molar-refractivity contribution in [1.29, 1.82) is 0 Å². The molecule has 3 aromatic heterocycles. The molecule has 0 amide bonds. The molecule has 0 saturated carbocycles. The standard InChI is InChI=1S/C27H21N7/c1-3-8-19(9-4-1)17-29-25-24-26(34(18-30-24)22-11-5-2-6-12-22)33-27(32-25)31-21-13-14-23-20(16-21)10-7-15-28-23/h1-16,18H,17H2,(H2,29,31,32,33). The summed E-state index contributed by atoms with van der Waals surface area (Å²) in [5.41, 5.74) is 5.42. The van der Waals surface area contributed by atoms with Gasteiger partial charge in [-0.05, 0) is 42.0 Å². The van der Waals surface area contributed by atoms with Crippen molar-refractivity contribution in [3.63, 3.8) is 0 Å². The second-order valence-corrected chi connectivity index (χ2v) is 7.89. The van der Waals surface area contributed by atoms with E-state index < -0.39 is 0 Å². The van der Waals surface area contributed by atoms with Gasteiger partial charge >= 0.3 is 0 Å². The summed E-state index contributed by atoms with van der Waals surface area (Å²) in [6.07, 6.45) is 3.58. The zero-order valence-electron chi connectivity index (χ0n) is 18.3. The molecule has 164 valence electrons. The molecule has 3 aromatic carbocycles. The quantitative estimate of drug-likeness (QED) is 0.343. The molecular weight excluding hydrogens is 422 g/mol. The molecule has 34 heavy (non-hydrogen) atoms. The minimum absolute atomic E-state index is 0.490. The van der Waals surface area contributed by atoms with E-state index >= 15 is 0 Å². The molecule has 3 heterocycles. The van der Waals surface area contributed by atoms with Crippen LogP contribution >= 0.6 is 0 Å². The van der Waals surface area contributed by atoms with Crippen LogP contribution in [0.5, 0.6) is 0 Å². The van der Waals surface area contributed by atoms with Gasteiger partial charge in [0.15, 0.2) is 17.0 Å². The van der Waals surface area contributed by atoms with Gasteiger partial charge in [0.05, 0.1) is 5.52 Å². The van der Waals surface area contributed by atoms with E-state index in [9.17, 15) is 0 Å². The van der Waals surface area contributed by atoms with Gasteiger partial charge in [-0.1, -0.05) is 54.6 Å². The highest BCUT2D eigenvalue weighted by Gasteiger charge is 2.15. The lowest BCUT2D eigenvalue weighted by molar-refractivity contribution is 1.06. The summed E-state index contributed by atoms with van der Waals surface area (Å²) in [6.45, 7) is 0.631. The lowest BCUT2D eigenvalue weighted by atomic mass is 10.2. The number of nitrogens with zero attached hydrogens (tertiary/aromatic N) is 5. The molecule has 0 radical (unpaired) electrons. The molecule has 0 fully saturated rings. The number of imidazole rings is 1. The third-order valence-electron chi connectivity index (χ3n) is 5.59. The fourth-order valence-corrected chi connectivity index (χ4v) is 3.92. The third kappa shape index (κ3) is 3.91. The second-order valence-electron chi connectivity index (χ2n) is 7.89. The van der Waals surface area contributed by atoms with Crippen molar-refractivity contribution in [2.24, 2.45) is 0 Å². The number of rotatable bonds is 6. The van der Waals surface area contributed by atoms with Gasteiger partial charge in [0.25, 0.3) is 0 Å². The number of para-hydroxylation sites is 1. The predicted molar refractivity (Wildman–Crippen MR) is 135 cm³/mol. The van der Waals surface area contributed by atoms with E-state index in [1.54, 1.807) is 12.5 Å². The fourth-order valence-electron chi connectivity index (χ4n) is 3.92. The number of anilines is 3. The number of benzene rings is 3. The van der Waals surface area contributed by atoms with Crippen LogP contribution in [0.2, 0.25) is 0 Å². The summed E-state index contributed by atoms with van der Waals surface area (Å²) < 4.78 is 1.97. The first-order valence-electron chi connectivity index (χ1n) is 11.0. The maximum Gasteiger partial charge on any atom is 0.231 e. The van der Waals surface area contributed by atoms with Crippen LogP contribution in [0, 0.1) is 0 Å². The van der Waals surface area contributed by atoms with Crippen LogP contribution in [0.25, 0.3) is 27.8 Å². The molecule has 0 aliphatic carbocycles. The summed E-state index contributed by atoms with van der Waals surface area (Å²) in [5, 5.41) is 7.86. The highest BCUT2D eigenvalue weighted by molar-refractivity contribution is 5.87. The molecular formula is C27H21N7.